The first kappa shape index (κ1) is 25.5. The van der Waals surface area contributed by atoms with E-state index in [9.17, 15) is 4.79 Å². The van der Waals surface area contributed by atoms with E-state index in [1.54, 1.807) is 0 Å². The lowest BCUT2D eigenvalue weighted by Gasteiger charge is -2.70. The van der Waals surface area contributed by atoms with Crippen LogP contribution in [0.3, 0.4) is 0 Å². The molecule has 9 unspecified atom stereocenters. The summed E-state index contributed by atoms with van der Waals surface area (Å²) < 4.78 is 6.09. The number of allylic oxidation sites excluding steroid dienone is 2. The van der Waals surface area contributed by atoms with Gasteiger partial charge in [-0.2, -0.15) is 0 Å². The first-order valence-electron chi connectivity index (χ1n) is 11.8. The highest BCUT2D eigenvalue weighted by molar-refractivity contribution is 15.0. The second-order valence-corrected chi connectivity index (χ2v) is 12.3. The fraction of sp³-hybridized carbons (Fsp3) is 0.885. The van der Waals surface area contributed by atoms with Crippen molar-refractivity contribution in [3.8, 4) is 0 Å². The van der Waals surface area contributed by atoms with Crippen LogP contribution in [-0.2, 0) is 9.53 Å². The molecule has 0 spiro atoms. The van der Waals surface area contributed by atoms with Crippen LogP contribution in [0, 0.1) is 51.2 Å². The summed E-state index contributed by atoms with van der Waals surface area (Å²) in [6.45, 7) is 24.7. The zero-order valence-electron chi connectivity index (χ0n) is 20.7. The van der Waals surface area contributed by atoms with Gasteiger partial charge in [-0.3, -0.25) is 4.79 Å². The molecule has 3 fully saturated rings. The quantitative estimate of drug-likeness (QED) is 0.198. The number of hydrogen-bond donors (Lipinski definition) is 0. The van der Waals surface area contributed by atoms with Crippen molar-refractivity contribution >= 4 is 43.0 Å². The average Bonchev–Trinajstić information content (AvgIpc) is 2.68. The molecule has 1 aliphatic heterocycles. The lowest BCUT2D eigenvalue weighted by Crippen LogP contribution is -2.71. The van der Waals surface area contributed by atoms with Crippen molar-refractivity contribution in [3.05, 3.63) is 11.1 Å². The van der Waals surface area contributed by atoms with E-state index in [1.807, 2.05) is 0 Å². The molecule has 0 amide bonds. The fourth-order valence-electron chi connectivity index (χ4n) is 8.85. The van der Waals surface area contributed by atoms with E-state index in [2.05, 4.69) is 106 Å². The van der Waals surface area contributed by atoms with Crippen molar-refractivity contribution in [2.45, 2.75) is 88.2 Å². The minimum atomic E-state index is -0.266. The number of carbonyl (C=O) groups is 1. The zero-order chi connectivity index (χ0) is 23.0. The first-order chi connectivity index (χ1) is 13.7. The van der Waals surface area contributed by atoms with E-state index >= 15 is 0 Å². The minimum absolute atomic E-state index is 0.0145. The highest BCUT2D eigenvalue weighted by Gasteiger charge is 2.70. The van der Waals surface area contributed by atoms with Crippen LogP contribution in [0.2, 0.25) is 0 Å². The van der Waals surface area contributed by atoms with Gasteiger partial charge < -0.3 is 4.74 Å². The van der Waals surface area contributed by atoms with Crippen molar-refractivity contribution in [2.75, 3.05) is 6.61 Å². The summed E-state index contributed by atoms with van der Waals surface area (Å²) in [7, 11) is 0. The third-order valence-corrected chi connectivity index (χ3v) is 11.1. The van der Waals surface area contributed by atoms with Crippen LogP contribution in [-0.4, -0.2) is 18.5 Å². The molecule has 2 bridgehead atoms. The number of ketones is 1. The van der Waals surface area contributed by atoms with E-state index < -0.39 is 0 Å². The Balaban J connectivity index is 0.00000124. The number of fused-ring (bicyclic) bond motifs is 5. The SMILES string of the molecule is CC1=C2C(C)C(=O)C3(C)C(C)CC4OCC4(C)C3C(C)C(C)(CC1C)C2(C)C.II. The van der Waals surface area contributed by atoms with Gasteiger partial charge in [-0.1, -0.05) is 73.5 Å². The van der Waals surface area contributed by atoms with Gasteiger partial charge in [0.05, 0.1) is 12.7 Å². The van der Waals surface area contributed by atoms with Gasteiger partial charge in [-0.25, -0.2) is 0 Å². The van der Waals surface area contributed by atoms with Crippen molar-refractivity contribution in [3.63, 3.8) is 0 Å². The molecule has 1 heterocycles. The molecular formula is C26H42I2O2. The molecular weight excluding hydrogens is 598 g/mol. The van der Waals surface area contributed by atoms with E-state index in [-0.39, 0.29) is 27.6 Å². The summed E-state index contributed by atoms with van der Waals surface area (Å²) in [5.74, 6) is 2.31. The van der Waals surface area contributed by atoms with Gasteiger partial charge in [0.2, 0.25) is 0 Å². The summed E-state index contributed by atoms with van der Waals surface area (Å²) in [4.78, 5) is 14.3. The number of hydrogen-bond acceptors (Lipinski definition) is 2. The minimum Gasteiger partial charge on any atom is -0.377 e. The average molecular weight is 640 g/mol. The molecule has 1 saturated heterocycles. The maximum Gasteiger partial charge on any atom is 0.146 e. The number of Topliss-reactive ketones (excluding diaryl/α,β-unsaturated/α-hetero) is 1. The van der Waals surface area contributed by atoms with E-state index in [0.29, 0.717) is 35.6 Å². The Morgan fingerprint density at radius 1 is 1.00 bits per heavy atom. The number of carbonyl (C=O) groups excluding carboxylic acids is 1. The zero-order valence-corrected chi connectivity index (χ0v) is 25.0. The van der Waals surface area contributed by atoms with Crippen molar-refractivity contribution in [2.24, 2.45) is 51.2 Å². The Morgan fingerprint density at radius 2 is 1.57 bits per heavy atom. The molecule has 0 aromatic heterocycles. The summed E-state index contributed by atoms with van der Waals surface area (Å²) in [5, 5.41) is 0. The van der Waals surface area contributed by atoms with Gasteiger partial charge in [-0.05, 0) is 54.3 Å². The molecule has 172 valence electrons. The Bertz CT molecular complexity index is 758. The Labute approximate surface area is 208 Å². The van der Waals surface area contributed by atoms with Gasteiger partial charge >= 0.3 is 0 Å². The van der Waals surface area contributed by atoms with Gasteiger partial charge in [0.25, 0.3) is 0 Å². The maximum atomic E-state index is 14.3. The molecule has 2 saturated carbocycles. The van der Waals surface area contributed by atoms with Crippen LogP contribution in [0.25, 0.3) is 0 Å². The van der Waals surface area contributed by atoms with E-state index in [0.717, 1.165) is 13.0 Å². The van der Waals surface area contributed by atoms with Crippen LogP contribution in [0.5, 0.6) is 0 Å². The number of halogens is 2. The highest BCUT2D eigenvalue weighted by Crippen LogP contribution is 2.71. The second kappa shape index (κ2) is 7.95. The van der Waals surface area contributed by atoms with Gasteiger partial charge in [-0.15, -0.1) is 0 Å². The van der Waals surface area contributed by atoms with Crippen LogP contribution in [0.15, 0.2) is 11.1 Å². The molecule has 0 aromatic rings. The van der Waals surface area contributed by atoms with Gasteiger partial charge in [0.15, 0.2) is 0 Å². The van der Waals surface area contributed by atoms with Gasteiger partial charge in [0, 0.05) is 54.0 Å². The molecule has 30 heavy (non-hydrogen) atoms. The summed E-state index contributed by atoms with van der Waals surface area (Å²) >= 11 is 4.24. The number of rotatable bonds is 0. The summed E-state index contributed by atoms with van der Waals surface area (Å²) in [5.41, 5.74) is 3.02. The Morgan fingerprint density at radius 3 is 2.07 bits per heavy atom. The maximum absolute atomic E-state index is 14.3. The molecule has 2 nitrogen and oxygen atoms in total. The summed E-state index contributed by atoms with van der Waals surface area (Å²) in [6.07, 6.45) is 2.58. The summed E-state index contributed by atoms with van der Waals surface area (Å²) in [6, 6.07) is 0. The molecule has 3 aliphatic carbocycles. The van der Waals surface area contributed by atoms with Crippen LogP contribution < -0.4 is 0 Å². The molecule has 0 radical (unpaired) electrons. The molecule has 4 rings (SSSR count). The largest absolute Gasteiger partial charge is 0.377 e. The Kier molecular flexibility index (Phi) is 6.75. The van der Waals surface area contributed by atoms with E-state index in [4.69, 9.17) is 4.74 Å². The third-order valence-electron chi connectivity index (χ3n) is 11.1. The molecule has 9 atom stereocenters. The predicted molar refractivity (Wildman–Crippen MR) is 143 cm³/mol. The predicted octanol–water partition coefficient (Wildman–Crippen LogP) is 8.07. The van der Waals surface area contributed by atoms with E-state index in [1.165, 1.54) is 17.6 Å². The molecule has 4 aliphatic rings. The third kappa shape index (κ3) is 2.96. The smallest absolute Gasteiger partial charge is 0.146 e. The van der Waals surface area contributed by atoms with Crippen LogP contribution >= 0.6 is 37.2 Å². The standard InChI is InChI=1S/C26H42O2.I2/c1-14-12-25(9)18(5)21-24(8)13-28-19(24)11-15(2)26(21,10)22(27)17(4)20(16(14)3)23(25,6)7;1-2/h14-15,17-19,21H,11-13H2,1-10H3;. The molecule has 0 N–H and O–H groups in total. The lowest BCUT2D eigenvalue weighted by atomic mass is 9.36. The topological polar surface area (TPSA) is 26.3 Å². The fourth-order valence-corrected chi connectivity index (χ4v) is 8.85. The normalized spacial score (nSPS) is 52.1. The lowest BCUT2D eigenvalue weighted by molar-refractivity contribution is -0.284. The van der Waals surface area contributed by atoms with Gasteiger partial charge in [0.1, 0.15) is 5.78 Å². The second-order valence-electron chi connectivity index (χ2n) is 12.3. The van der Waals surface area contributed by atoms with Crippen molar-refractivity contribution in [1.82, 2.24) is 0 Å². The molecule has 4 heteroatoms. The highest BCUT2D eigenvalue weighted by atomic mass is 128. The Hall–Kier alpha value is 0.830. The van der Waals surface area contributed by atoms with Crippen LogP contribution in [0.4, 0.5) is 0 Å². The monoisotopic (exact) mass is 640 g/mol. The molecule has 0 aromatic carbocycles. The first-order valence-corrected chi connectivity index (χ1v) is 18.0. The number of ether oxygens (including phenoxy) is 1. The van der Waals surface area contributed by atoms with Crippen molar-refractivity contribution in [1.29, 1.82) is 0 Å². The van der Waals surface area contributed by atoms with Crippen molar-refractivity contribution < 1.29 is 9.53 Å². The van der Waals surface area contributed by atoms with Crippen LogP contribution in [0.1, 0.15) is 82.1 Å².